The largest absolute Gasteiger partial charge is 0.491 e. The quantitative estimate of drug-likeness (QED) is 0.790. The third-order valence-corrected chi connectivity index (χ3v) is 4.77. The van der Waals surface area contributed by atoms with Gasteiger partial charge in [0.05, 0.1) is 12.2 Å². The minimum atomic E-state index is -0.231. The molecule has 0 spiro atoms. The molecule has 7 heteroatoms. The Labute approximate surface area is 163 Å². The van der Waals surface area contributed by atoms with Gasteiger partial charge in [0.1, 0.15) is 18.2 Å². The van der Waals surface area contributed by atoms with Gasteiger partial charge in [-0.2, -0.15) is 0 Å². The molecule has 1 N–H and O–H groups in total. The predicted molar refractivity (Wildman–Crippen MR) is 105 cm³/mol. The van der Waals surface area contributed by atoms with Crippen molar-refractivity contribution in [1.29, 1.82) is 0 Å². The Balaban J connectivity index is 1.40. The highest BCUT2D eigenvalue weighted by molar-refractivity contribution is 6.30. The van der Waals surface area contributed by atoms with E-state index in [2.05, 4.69) is 5.32 Å². The lowest BCUT2D eigenvalue weighted by Crippen LogP contribution is -2.52. The number of halogens is 2. The van der Waals surface area contributed by atoms with Gasteiger partial charge in [-0.05, 0) is 42.8 Å². The van der Waals surface area contributed by atoms with Gasteiger partial charge < -0.3 is 19.9 Å². The van der Waals surface area contributed by atoms with Crippen LogP contribution in [0, 0.1) is 12.7 Å². The summed E-state index contributed by atoms with van der Waals surface area (Å²) in [4.78, 5) is 16.0. The number of hydrogen-bond acceptors (Lipinski definition) is 3. The fraction of sp³-hybridized carbons (Fsp3) is 0.350. The van der Waals surface area contributed by atoms with Gasteiger partial charge in [0, 0.05) is 31.2 Å². The summed E-state index contributed by atoms with van der Waals surface area (Å²) >= 11 is 5.92. The molecule has 0 aromatic heterocycles. The molecule has 1 saturated heterocycles. The van der Waals surface area contributed by atoms with E-state index in [0.717, 1.165) is 11.3 Å². The van der Waals surface area contributed by atoms with Crippen LogP contribution in [-0.2, 0) is 0 Å². The van der Waals surface area contributed by atoms with Gasteiger partial charge in [0.25, 0.3) is 0 Å². The van der Waals surface area contributed by atoms with Crippen molar-refractivity contribution in [3.63, 3.8) is 0 Å². The van der Waals surface area contributed by atoms with Crippen LogP contribution >= 0.6 is 11.6 Å². The third kappa shape index (κ3) is 5.04. The normalized spacial score (nSPS) is 14.2. The third-order valence-electron chi connectivity index (χ3n) is 4.53. The summed E-state index contributed by atoms with van der Waals surface area (Å²) in [6.45, 7) is 5.03. The van der Waals surface area contributed by atoms with E-state index in [0.29, 0.717) is 50.0 Å². The molecule has 144 valence electrons. The number of carbonyl (C=O) groups is 1. The van der Waals surface area contributed by atoms with E-state index in [4.69, 9.17) is 16.3 Å². The standard InChI is InChI=1S/C20H23ClFN3O2/c1-15-14-16(21)6-7-19(15)27-13-8-23-20(26)25-11-9-24(10-12-25)18-5-3-2-4-17(18)22/h2-7,14H,8-13H2,1H3,(H,23,26). The fourth-order valence-electron chi connectivity index (χ4n) is 3.06. The van der Waals surface area contributed by atoms with Gasteiger partial charge in [0.15, 0.2) is 0 Å². The summed E-state index contributed by atoms with van der Waals surface area (Å²) in [5.74, 6) is 0.525. The predicted octanol–water partition coefficient (Wildman–Crippen LogP) is 3.70. The molecule has 0 bridgehead atoms. The second kappa shape index (κ2) is 8.95. The average Bonchev–Trinajstić information content (AvgIpc) is 2.67. The molecule has 1 fully saturated rings. The Kier molecular flexibility index (Phi) is 6.40. The highest BCUT2D eigenvalue weighted by Gasteiger charge is 2.22. The topological polar surface area (TPSA) is 44.8 Å². The number of hydrogen-bond donors (Lipinski definition) is 1. The first-order valence-corrected chi connectivity index (χ1v) is 9.33. The maximum absolute atomic E-state index is 13.9. The van der Waals surface area contributed by atoms with Crippen molar-refractivity contribution in [3.05, 3.63) is 58.9 Å². The number of rotatable bonds is 5. The van der Waals surface area contributed by atoms with Crippen LogP contribution < -0.4 is 15.0 Å². The Bertz CT molecular complexity index is 795. The molecule has 0 aliphatic carbocycles. The summed E-state index contributed by atoms with van der Waals surface area (Å²) in [6, 6.07) is 12.0. The minimum absolute atomic E-state index is 0.125. The summed E-state index contributed by atoms with van der Waals surface area (Å²) in [6.07, 6.45) is 0. The van der Waals surface area contributed by atoms with E-state index >= 15 is 0 Å². The van der Waals surface area contributed by atoms with Crippen LogP contribution in [0.25, 0.3) is 0 Å². The number of nitrogens with zero attached hydrogens (tertiary/aromatic N) is 2. The van der Waals surface area contributed by atoms with Crippen molar-refractivity contribution in [2.24, 2.45) is 0 Å². The molecule has 2 aromatic rings. The summed E-state index contributed by atoms with van der Waals surface area (Å²) < 4.78 is 19.5. The van der Waals surface area contributed by atoms with Crippen LogP contribution in [-0.4, -0.2) is 50.3 Å². The number of benzene rings is 2. The monoisotopic (exact) mass is 391 g/mol. The lowest BCUT2D eigenvalue weighted by atomic mass is 10.2. The second-order valence-corrected chi connectivity index (χ2v) is 6.85. The number of anilines is 1. The molecule has 0 radical (unpaired) electrons. The van der Waals surface area contributed by atoms with Crippen molar-refractivity contribution < 1.29 is 13.9 Å². The van der Waals surface area contributed by atoms with Crippen LogP contribution in [0.4, 0.5) is 14.9 Å². The molecule has 3 rings (SSSR count). The molecule has 0 saturated carbocycles. The Morgan fingerprint density at radius 2 is 1.93 bits per heavy atom. The zero-order valence-electron chi connectivity index (χ0n) is 15.3. The molecule has 0 atom stereocenters. The first kappa shape index (κ1) is 19.3. The van der Waals surface area contributed by atoms with E-state index in [1.54, 1.807) is 23.1 Å². The van der Waals surface area contributed by atoms with Gasteiger partial charge in [-0.3, -0.25) is 0 Å². The maximum Gasteiger partial charge on any atom is 0.317 e. The summed E-state index contributed by atoms with van der Waals surface area (Å²) in [5, 5.41) is 3.53. The van der Waals surface area contributed by atoms with Crippen molar-refractivity contribution >= 4 is 23.3 Å². The highest BCUT2D eigenvalue weighted by atomic mass is 35.5. The number of piperazine rings is 1. The van der Waals surface area contributed by atoms with Gasteiger partial charge >= 0.3 is 6.03 Å². The molecule has 2 amide bonds. The average molecular weight is 392 g/mol. The van der Waals surface area contributed by atoms with Gasteiger partial charge in [0.2, 0.25) is 0 Å². The molecular weight excluding hydrogens is 369 g/mol. The van der Waals surface area contributed by atoms with Crippen molar-refractivity contribution in [1.82, 2.24) is 10.2 Å². The molecule has 2 aromatic carbocycles. The van der Waals surface area contributed by atoms with Crippen LogP contribution in [0.3, 0.4) is 0 Å². The molecule has 1 heterocycles. The zero-order valence-corrected chi connectivity index (χ0v) is 16.0. The Hall–Kier alpha value is -2.47. The number of amides is 2. The van der Waals surface area contributed by atoms with Crippen molar-refractivity contribution in [2.45, 2.75) is 6.92 Å². The zero-order chi connectivity index (χ0) is 19.2. The molecule has 1 aliphatic rings. The van der Waals surface area contributed by atoms with E-state index in [1.807, 2.05) is 30.0 Å². The number of carbonyl (C=O) groups excluding carboxylic acids is 1. The first-order chi connectivity index (χ1) is 13.0. The van der Waals surface area contributed by atoms with E-state index in [9.17, 15) is 9.18 Å². The molecule has 5 nitrogen and oxygen atoms in total. The smallest absolute Gasteiger partial charge is 0.317 e. The number of aryl methyl sites for hydroxylation is 1. The van der Waals surface area contributed by atoms with Gasteiger partial charge in [-0.1, -0.05) is 23.7 Å². The molecular formula is C20H23ClFN3O2. The van der Waals surface area contributed by atoms with Gasteiger partial charge in [-0.15, -0.1) is 0 Å². The Morgan fingerprint density at radius 3 is 2.63 bits per heavy atom. The number of nitrogens with one attached hydrogen (secondary N) is 1. The van der Waals surface area contributed by atoms with Crippen LogP contribution in [0.5, 0.6) is 5.75 Å². The van der Waals surface area contributed by atoms with E-state index in [1.165, 1.54) is 6.07 Å². The van der Waals surface area contributed by atoms with Gasteiger partial charge in [-0.25, -0.2) is 9.18 Å². The van der Waals surface area contributed by atoms with Crippen LogP contribution in [0.15, 0.2) is 42.5 Å². The summed E-state index contributed by atoms with van der Waals surface area (Å²) in [7, 11) is 0. The highest BCUT2D eigenvalue weighted by Crippen LogP contribution is 2.22. The first-order valence-electron chi connectivity index (χ1n) is 8.96. The van der Waals surface area contributed by atoms with Crippen molar-refractivity contribution in [2.75, 3.05) is 44.2 Å². The number of urea groups is 1. The fourth-order valence-corrected chi connectivity index (χ4v) is 3.29. The lowest BCUT2D eigenvalue weighted by molar-refractivity contribution is 0.191. The lowest BCUT2D eigenvalue weighted by Gasteiger charge is -2.36. The SMILES string of the molecule is Cc1cc(Cl)ccc1OCCNC(=O)N1CCN(c2ccccc2F)CC1. The van der Waals surface area contributed by atoms with Crippen LogP contribution in [0.2, 0.25) is 5.02 Å². The van der Waals surface area contributed by atoms with Crippen LogP contribution in [0.1, 0.15) is 5.56 Å². The number of para-hydroxylation sites is 1. The molecule has 0 unspecified atom stereocenters. The number of ether oxygens (including phenoxy) is 1. The second-order valence-electron chi connectivity index (χ2n) is 6.42. The Morgan fingerprint density at radius 1 is 1.19 bits per heavy atom. The van der Waals surface area contributed by atoms with Crippen molar-refractivity contribution in [3.8, 4) is 5.75 Å². The summed E-state index contributed by atoms with van der Waals surface area (Å²) in [5.41, 5.74) is 1.54. The molecule has 27 heavy (non-hydrogen) atoms. The van der Waals surface area contributed by atoms with E-state index in [-0.39, 0.29) is 11.8 Å². The maximum atomic E-state index is 13.9. The minimum Gasteiger partial charge on any atom is -0.491 e. The van der Waals surface area contributed by atoms with E-state index < -0.39 is 0 Å². The molecule has 1 aliphatic heterocycles.